The normalized spacial score (nSPS) is 10.9. The third-order valence-electron chi connectivity index (χ3n) is 2.82. The number of methoxy groups -OCH3 is 1. The quantitative estimate of drug-likeness (QED) is 0.732. The summed E-state index contributed by atoms with van der Waals surface area (Å²) in [7, 11) is 1.70. The van der Waals surface area contributed by atoms with Gasteiger partial charge < -0.3 is 9.72 Å². The number of fused-ring (bicyclic) bond motifs is 1. The Balaban J connectivity index is 2.83. The molecule has 1 heterocycles. The molecule has 74 valence electrons. The lowest BCUT2D eigenvalue weighted by atomic mass is 10.1. The first-order valence-corrected chi connectivity index (χ1v) is 4.77. The van der Waals surface area contributed by atoms with Crippen LogP contribution in [0.25, 0.3) is 10.9 Å². The van der Waals surface area contributed by atoms with Gasteiger partial charge in [0.2, 0.25) is 0 Å². The van der Waals surface area contributed by atoms with Crippen LogP contribution in [0.4, 0.5) is 0 Å². The van der Waals surface area contributed by atoms with Gasteiger partial charge in [-0.2, -0.15) is 0 Å². The van der Waals surface area contributed by atoms with Crippen LogP contribution in [0.15, 0.2) is 12.1 Å². The van der Waals surface area contributed by atoms with Crippen LogP contribution in [0.1, 0.15) is 16.8 Å². The molecule has 1 N–H and O–H groups in total. The fraction of sp³-hybridized carbons (Fsp3) is 0.333. The van der Waals surface area contributed by atoms with E-state index in [1.54, 1.807) is 7.11 Å². The first-order chi connectivity index (χ1) is 6.63. The Morgan fingerprint density at radius 2 is 1.86 bits per heavy atom. The van der Waals surface area contributed by atoms with E-state index in [1.807, 2.05) is 0 Å². The standard InChI is InChI=1S/C12H15NO/c1-7-5-10(14-4)6-11-8(2)9(3)13-12(7)11/h5-6,13H,1-4H3. The van der Waals surface area contributed by atoms with Gasteiger partial charge in [-0.1, -0.05) is 0 Å². The largest absolute Gasteiger partial charge is 0.497 e. The van der Waals surface area contributed by atoms with Gasteiger partial charge in [-0.05, 0) is 44.0 Å². The average Bonchev–Trinajstić information content (AvgIpc) is 2.45. The molecule has 0 saturated heterocycles. The first kappa shape index (κ1) is 9.13. The summed E-state index contributed by atoms with van der Waals surface area (Å²) in [6, 6.07) is 4.14. The highest BCUT2D eigenvalue weighted by atomic mass is 16.5. The number of nitrogens with one attached hydrogen (secondary N) is 1. The van der Waals surface area contributed by atoms with Crippen LogP contribution in [-0.2, 0) is 0 Å². The number of hydrogen-bond acceptors (Lipinski definition) is 1. The molecule has 1 aromatic heterocycles. The van der Waals surface area contributed by atoms with Crippen molar-refractivity contribution >= 4 is 10.9 Å². The van der Waals surface area contributed by atoms with Gasteiger partial charge in [0.15, 0.2) is 0 Å². The molecule has 0 amide bonds. The molecule has 2 rings (SSSR count). The van der Waals surface area contributed by atoms with E-state index in [-0.39, 0.29) is 0 Å². The second-order valence-electron chi connectivity index (χ2n) is 3.74. The van der Waals surface area contributed by atoms with E-state index in [2.05, 4.69) is 37.9 Å². The van der Waals surface area contributed by atoms with E-state index in [9.17, 15) is 0 Å². The lowest BCUT2D eigenvalue weighted by molar-refractivity contribution is 0.415. The molecule has 0 spiro atoms. The number of benzene rings is 1. The fourth-order valence-corrected chi connectivity index (χ4v) is 1.82. The molecule has 0 unspecified atom stereocenters. The smallest absolute Gasteiger partial charge is 0.119 e. The second kappa shape index (κ2) is 3.05. The summed E-state index contributed by atoms with van der Waals surface area (Å²) >= 11 is 0. The molecule has 0 atom stereocenters. The number of H-pyrrole nitrogens is 1. The van der Waals surface area contributed by atoms with Crippen molar-refractivity contribution in [3.8, 4) is 5.75 Å². The SMILES string of the molecule is COc1cc(C)c2[nH]c(C)c(C)c2c1. The van der Waals surface area contributed by atoms with Crippen LogP contribution in [0, 0.1) is 20.8 Å². The second-order valence-corrected chi connectivity index (χ2v) is 3.74. The molecule has 2 nitrogen and oxygen atoms in total. The van der Waals surface area contributed by atoms with Crippen molar-refractivity contribution in [2.24, 2.45) is 0 Å². The fourth-order valence-electron chi connectivity index (χ4n) is 1.82. The van der Waals surface area contributed by atoms with Crippen LogP contribution in [0.5, 0.6) is 5.75 Å². The summed E-state index contributed by atoms with van der Waals surface area (Å²) in [5.41, 5.74) is 5.00. The predicted octanol–water partition coefficient (Wildman–Crippen LogP) is 3.10. The summed E-state index contributed by atoms with van der Waals surface area (Å²) in [5.74, 6) is 0.928. The summed E-state index contributed by atoms with van der Waals surface area (Å²) in [4.78, 5) is 3.39. The van der Waals surface area contributed by atoms with Crippen LogP contribution in [0.2, 0.25) is 0 Å². The maximum Gasteiger partial charge on any atom is 0.119 e. The zero-order valence-corrected chi connectivity index (χ0v) is 9.06. The van der Waals surface area contributed by atoms with Gasteiger partial charge in [0.05, 0.1) is 7.11 Å². The number of hydrogen-bond donors (Lipinski definition) is 1. The van der Waals surface area contributed by atoms with Crippen molar-refractivity contribution in [1.82, 2.24) is 4.98 Å². The molecule has 0 fully saturated rings. The molecule has 1 aromatic carbocycles. The van der Waals surface area contributed by atoms with Crippen molar-refractivity contribution < 1.29 is 4.74 Å². The Hall–Kier alpha value is -1.44. The maximum atomic E-state index is 5.25. The van der Waals surface area contributed by atoms with Gasteiger partial charge >= 0.3 is 0 Å². The molecule has 14 heavy (non-hydrogen) atoms. The topological polar surface area (TPSA) is 25.0 Å². The molecule has 0 aliphatic rings. The minimum Gasteiger partial charge on any atom is -0.497 e. The molecule has 0 radical (unpaired) electrons. The number of aromatic amines is 1. The van der Waals surface area contributed by atoms with Crippen molar-refractivity contribution in [2.75, 3.05) is 7.11 Å². The summed E-state index contributed by atoms with van der Waals surface area (Å²) in [5, 5.41) is 1.26. The summed E-state index contributed by atoms with van der Waals surface area (Å²) < 4.78 is 5.25. The van der Waals surface area contributed by atoms with Crippen LogP contribution in [-0.4, -0.2) is 12.1 Å². The Labute approximate surface area is 83.9 Å². The minimum absolute atomic E-state index is 0.928. The summed E-state index contributed by atoms with van der Waals surface area (Å²) in [6.07, 6.45) is 0. The van der Waals surface area contributed by atoms with Gasteiger partial charge in [0, 0.05) is 16.6 Å². The van der Waals surface area contributed by atoms with Gasteiger partial charge in [0.25, 0.3) is 0 Å². The van der Waals surface area contributed by atoms with Crippen molar-refractivity contribution in [1.29, 1.82) is 0 Å². The first-order valence-electron chi connectivity index (χ1n) is 4.77. The third-order valence-corrected chi connectivity index (χ3v) is 2.82. The zero-order valence-electron chi connectivity index (χ0n) is 9.06. The molecule has 2 heteroatoms. The van der Waals surface area contributed by atoms with Gasteiger partial charge in [-0.15, -0.1) is 0 Å². The van der Waals surface area contributed by atoms with Crippen molar-refractivity contribution in [3.63, 3.8) is 0 Å². The van der Waals surface area contributed by atoms with E-state index in [0.717, 1.165) is 5.75 Å². The molecule has 0 saturated carbocycles. The Morgan fingerprint density at radius 1 is 1.14 bits per heavy atom. The average molecular weight is 189 g/mol. The van der Waals surface area contributed by atoms with Crippen molar-refractivity contribution in [3.05, 3.63) is 29.0 Å². The number of rotatable bonds is 1. The highest BCUT2D eigenvalue weighted by Crippen LogP contribution is 2.28. The zero-order chi connectivity index (χ0) is 10.3. The molecule has 0 aliphatic heterocycles. The molecule has 0 aliphatic carbocycles. The van der Waals surface area contributed by atoms with Crippen LogP contribution in [0.3, 0.4) is 0 Å². The van der Waals surface area contributed by atoms with E-state index in [1.165, 1.54) is 27.7 Å². The van der Waals surface area contributed by atoms with Gasteiger partial charge in [-0.3, -0.25) is 0 Å². The number of aryl methyl sites for hydroxylation is 3. The van der Waals surface area contributed by atoms with Gasteiger partial charge in [0.1, 0.15) is 5.75 Å². The molecule has 2 aromatic rings. The van der Waals surface area contributed by atoms with E-state index in [0.29, 0.717) is 0 Å². The highest BCUT2D eigenvalue weighted by molar-refractivity contribution is 5.88. The third kappa shape index (κ3) is 1.18. The van der Waals surface area contributed by atoms with Crippen LogP contribution >= 0.6 is 0 Å². The van der Waals surface area contributed by atoms with Crippen LogP contribution < -0.4 is 4.74 Å². The van der Waals surface area contributed by atoms with E-state index >= 15 is 0 Å². The lowest BCUT2D eigenvalue weighted by Gasteiger charge is -2.02. The Kier molecular flexibility index (Phi) is 1.99. The van der Waals surface area contributed by atoms with Crippen molar-refractivity contribution in [2.45, 2.75) is 20.8 Å². The van der Waals surface area contributed by atoms with Gasteiger partial charge in [-0.25, -0.2) is 0 Å². The highest BCUT2D eigenvalue weighted by Gasteiger charge is 2.07. The van der Waals surface area contributed by atoms with E-state index < -0.39 is 0 Å². The Bertz CT molecular complexity index is 483. The molecular formula is C12H15NO. The molecular weight excluding hydrogens is 174 g/mol. The minimum atomic E-state index is 0.928. The maximum absolute atomic E-state index is 5.25. The van der Waals surface area contributed by atoms with E-state index in [4.69, 9.17) is 4.74 Å². The lowest BCUT2D eigenvalue weighted by Crippen LogP contribution is -1.84. The molecule has 0 bridgehead atoms. The summed E-state index contributed by atoms with van der Waals surface area (Å²) in [6.45, 7) is 6.33. The predicted molar refractivity (Wildman–Crippen MR) is 59.1 cm³/mol. The number of aromatic nitrogens is 1. The Morgan fingerprint density at radius 3 is 2.50 bits per heavy atom. The monoisotopic (exact) mass is 189 g/mol. The number of ether oxygens (including phenoxy) is 1.